The van der Waals surface area contributed by atoms with Crippen molar-refractivity contribution in [3.8, 4) is 5.75 Å². The van der Waals surface area contributed by atoms with Gasteiger partial charge in [-0.05, 0) is 50.7 Å². The minimum Gasteiger partial charge on any atom is -0.493 e. The van der Waals surface area contributed by atoms with Gasteiger partial charge in [-0.15, -0.1) is 0 Å². The Bertz CT molecular complexity index is 337. The van der Waals surface area contributed by atoms with Crippen molar-refractivity contribution in [2.24, 2.45) is 5.73 Å². The number of hydrogen-bond acceptors (Lipinski definition) is 3. The molecule has 0 bridgehead atoms. The third-order valence-corrected chi connectivity index (χ3v) is 2.50. The normalized spacial score (nSPS) is 10.9. The van der Waals surface area contributed by atoms with E-state index in [0.717, 1.165) is 31.7 Å². The fourth-order valence-electron chi connectivity index (χ4n) is 1.80. The topological polar surface area (TPSA) is 38.5 Å². The summed E-state index contributed by atoms with van der Waals surface area (Å²) in [5, 5.41) is 0. The molecule has 0 atom stereocenters. The molecule has 0 fully saturated rings. The summed E-state index contributed by atoms with van der Waals surface area (Å²) in [5.74, 6) is 0.986. The zero-order chi connectivity index (χ0) is 12.7. The predicted molar refractivity (Wildman–Crippen MR) is 72.4 cm³/mol. The van der Waals surface area contributed by atoms with Crippen LogP contribution < -0.4 is 10.5 Å². The van der Waals surface area contributed by atoms with Gasteiger partial charge in [0, 0.05) is 6.54 Å². The molecule has 0 aromatic heterocycles. The molecule has 3 nitrogen and oxygen atoms in total. The average molecular weight is 236 g/mol. The molecule has 0 unspecified atom stereocenters. The van der Waals surface area contributed by atoms with E-state index in [2.05, 4.69) is 44.1 Å². The molecule has 0 saturated heterocycles. The summed E-state index contributed by atoms with van der Waals surface area (Å²) in [4.78, 5) is 2.16. The highest BCUT2D eigenvalue weighted by molar-refractivity contribution is 5.37. The predicted octanol–water partition coefficient (Wildman–Crippen LogP) is 2.04. The lowest BCUT2D eigenvalue weighted by Gasteiger charge is -2.14. The molecular formula is C14H24N2O. The van der Waals surface area contributed by atoms with Crippen LogP contribution in [-0.4, -0.2) is 32.1 Å². The molecule has 0 aliphatic heterocycles. The Hall–Kier alpha value is -1.06. The maximum atomic E-state index is 5.73. The molecule has 0 saturated carbocycles. The molecule has 1 rings (SSSR count). The Morgan fingerprint density at radius 3 is 2.65 bits per heavy atom. The largest absolute Gasteiger partial charge is 0.493 e. The van der Waals surface area contributed by atoms with Crippen molar-refractivity contribution >= 4 is 0 Å². The summed E-state index contributed by atoms with van der Waals surface area (Å²) < 4.78 is 5.73. The molecule has 3 heteroatoms. The minimum atomic E-state index is 0.661. The first-order valence-electron chi connectivity index (χ1n) is 6.26. The molecule has 0 aliphatic rings. The second-order valence-electron chi connectivity index (χ2n) is 4.57. The van der Waals surface area contributed by atoms with Gasteiger partial charge in [0.25, 0.3) is 0 Å². The number of ether oxygens (including phenoxy) is 1. The molecule has 0 radical (unpaired) electrons. The van der Waals surface area contributed by atoms with Crippen LogP contribution in [0.3, 0.4) is 0 Å². The van der Waals surface area contributed by atoms with Gasteiger partial charge in [0.1, 0.15) is 5.75 Å². The van der Waals surface area contributed by atoms with E-state index >= 15 is 0 Å². The first-order valence-corrected chi connectivity index (χ1v) is 6.26. The molecule has 2 N–H and O–H groups in total. The van der Waals surface area contributed by atoms with E-state index in [9.17, 15) is 0 Å². The van der Waals surface area contributed by atoms with Gasteiger partial charge in [0.15, 0.2) is 0 Å². The smallest absolute Gasteiger partial charge is 0.122 e. The van der Waals surface area contributed by atoms with E-state index in [1.54, 1.807) is 0 Å². The van der Waals surface area contributed by atoms with Crippen molar-refractivity contribution in [2.45, 2.75) is 26.3 Å². The number of hydrogen-bond donors (Lipinski definition) is 1. The van der Waals surface area contributed by atoms with Crippen LogP contribution in [0.15, 0.2) is 18.2 Å². The van der Waals surface area contributed by atoms with Crippen molar-refractivity contribution in [1.82, 2.24) is 4.90 Å². The SMILES string of the molecule is CCCOc1ccc(CN(C)C)cc1CCN. The summed E-state index contributed by atoms with van der Waals surface area (Å²) in [6.07, 6.45) is 1.90. The van der Waals surface area contributed by atoms with E-state index in [4.69, 9.17) is 10.5 Å². The van der Waals surface area contributed by atoms with E-state index in [1.165, 1.54) is 11.1 Å². The van der Waals surface area contributed by atoms with E-state index in [-0.39, 0.29) is 0 Å². The Morgan fingerprint density at radius 2 is 2.06 bits per heavy atom. The molecule has 0 aliphatic carbocycles. The fraction of sp³-hybridized carbons (Fsp3) is 0.571. The highest BCUT2D eigenvalue weighted by atomic mass is 16.5. The van der Waals surface area contributed by atoms with Gasteiger partial charge in [-0.3, -0.25) is 0 Å². The number of benzene rings is 1. The zero-order valence-corrected chi connectivity index (χ0v) is 11.2. The van der Waals surface area contributed by atoms with Gasteiger partial charge < -0.3 is 15.4 Å². The summed E-state index contributed by atoms with van der Waals surface area (Å²) in [5.41, 5.74) is 8.17. The van der Waals surface area contributed by atoms with Gasteiger partial charge >= 0.3 is 0 Å². The maximum absolute atomic E-state index is 5.73. The Morgan fingerprint density at radius 1 is 1.29 bits per heavy atom. The lowest BCUT2D eigenvalue weighted by atomic mass is 10.1. The third-order valence-electron chi connectivity index (χ3n) is 2.50. The second kappa shape index (κ2) is 7.30. The molecular weight excluding hydrogens is 212 g/mol. The third kappa shape index (κ3) is 4.75. The number of rotatable bonds is 7. The van der Waals surface area contributed by atoms with Crippen LogP contribution in [0.5, 0.6) is 5.75 Å². The Labute approximate surface area is 105 Å². The van der Waals surface area contributed by atoms with Crippen LogP contribution in [0.25, 0.3) is 0 Å². The van der Waals surface area contributed by atoms with E-state index < -0.39 is 0 Å². The monoisotopic (exact) mass is 236 g/mol. The zero-order valence-electron chi connectivity index (χ0n) is 11.2. The molecule has 0 spiro atoms. The van der Waals surface area contributed by atoms with Gasteiger partial charge in [-0.2, -0.15) is 0 Å². The van der Waals surface area contributed by atoms with Crippen molar-refractivity contribution < 1.29 is 4.74 Å². The first-order chi connectivity index (χ1) is 8.17. The van der Waals surface area contributed by atoms with E-state index in [0.29, 0.717) is 6.54 Å². The van der Waals surface area contributed by atoms with Crippen molar-refractivity contribution in [3.05, 3.63) is 29.3 Å². The van der Waals surface area contributed by atoms with Gasteiger partial charge in [0.05, 0.1) is 6.61 Å². The standard InChI is InChI=1S/C14H24N2O/c1-4-9-17-14-6-5-12(11-16(2)3)10-13(14)7-8-15/h5-6,10H,4,7-9,11,15H2,1-3H3. The van der Waals surface area contributed by atoms with Crippen molar-refractivity contribution in [3.63, 3.8) is 0 Å². The number of nitrogens with two attached hydrogens (primary N) is 1. The quantitative estimate of drug-likeness (QED) is 0.787. The number of nitrogens with zero attached hydrogens (tertiary/aromatic N) is 1. The lowest BCUT2D eigenvalue weighted by molar-refractivity contribution is 0.314. The average Bonchev–Trinajstić information content (AvgIpc) is 2.28. The minimum absolute atomic E-state index is 0.661. The van der Waals surface area contributed by atoms with E-state index in [1.807, 2.05) is 0 Å². The van der Waals surface area contributed by atoms with Crippen molar-refractivity contribution in [2.75, 3.05) is 27.2 Å². The maximum Gasteiger partial charge on any atom is 0.122 e. The molecule has 1 aromatic carbocycles. The molecule has 0 heterocycles. The van der Waals surface area contributed by atoms with Crippen LogP contribution in [-0.2, 0) is 13.0 Å². The lowest BCUT2D eigenvalue weighted by Crippen LogP contribution is -2.12. The second-order valence-corrected chi connectivity index (χ2v) is 4.57. The Balaban J connectivity index is 2.83. The molecule has 96 valence electrons. The summed E-state index contributed by atoms with van der Waals surface area (Å²) in [6, 6.07) is 6.41. The van der Waals surface area contributed by atoms with Crippen LogP contribution >= 0.6 is 0 Å². The molecule has 0 amide bonds. The van der Waals surface area contributed by atoms with Crippen LogP contribution in [0.4, 0.5) is 0 Å². The van der Waals surface area contributed by atoms with Crippen LogP contribution in [0, 0.1) is 0 Å². The van der Waals surface area contributed by atoms with Gasteiger partial charge in [-0.25, -0.2) is 0 Å². The van der Waals surface area contributed by atoms with Crippen molar-refractivity contribution in [1.29, 1.82) is 0 Å². The summed E-state index contributed by atoms with van der Waals surface area (Å²) in [7, 11) is 4.15. The highest BCUT2D eigenvalue weighted by Crippen LogP contribution is 2.21. The summed E-state index contributed by atoms with van der Waals surface area (Å²) in [6.45, 7) is 4.49. The first kappa shape index (κ1) is 14.0. The highest BCUT2D eigenvalue weighted by Gasteiger charge is 2.05. The van der Waals surface area contributed by atoms with Gasteiger partial charge in [-0.1, -0.05) is 19.1 Å². The summed E-state index contributed by atoms with van der Waals surface area (Å²) >= 11 is 0. The van der Waals surface area contributed by atoms with Gasteiger partial charge in [0.2, 0.25) is 0 Å². The molecule has 17 heavy (non-hydrogen) atoms. The fourth-order valence-corrected chi connectivity index (χ4v) is 1.80. The Kier molecular flexibility index (Phi) is 6.01. The molecule has 1 aromatic rings. The van der Waals surface area contributed by atoms with Crippen LogP contribution in [0.1, 0.15) is 24.5 Å². The van der Waals surface area contributed by atoms with Crippen LogP contribution in [0.2, 0.25) is 0 Å².